The van der Waals surface area contributed by atoms with Crippen LogP contribution in [0.2, 0.25) is 0 Å². The first-order chi connectivity index (χ1) is 10.5. The van der Waals surface area contributed by atoms with Crippen molar-refractivity contribution < 1.29 is 24.2 Å². The SMILES string of the molecule is O=C(N[C@@H](CCO)c1ccc(F)cc1)[C@@H]1SCCN1C(=O)O. The second-order valence-electron chi connectivity index (χ2n) is 4.82. The van der Waals surface area contributed by atoms with Gasteiger partial charge in [-0.25, -0.2) is 9.18 Å². The molecule has 1 aromatic carbocycles. The predicted octanol–water partition coefficient (Wildman–Crippen LogP) is 1.42. The highest BCUT2D eigenvalue weighted by atomic mass is 32.2. The molecule has 1 heterocycles. The molecule has 1 fully saturated rings. The minimum atomic E-state index is -1.13. The Kier molecular flexibility index (Phi) is 5.62. The number of hydrogen-bond acceptors (Lipinski definition) is 4. The third kappa shape index (κ3) is 3.89. The fraction of sp³-hybridized carbons (Fsp3) is 0.429. The van der Waals surface area contributed by atoms with Crippen LogP contribution in [0.25, 0.3) is 0 Å². The monoisotopic (exact) mass is 328 g/mol. The predicted molar refractivity (Wildman–Crippen MR) is 80.0 cm³/mol. The van der Waals surface area contributed by atoms with Crippen LogP contribution in [0.3, 0.4) is 0 Å². The summed E-state index contributed by atoms with van der Waals surface area (Å²) >= 11 is 1.26. The van der Waals surface area contributed by atoms with Crippen LogP contribution < -0.4 is 5.32 Å². The highest BCUT2D eigenvalue weighted by molar-refractivity contribution is 8.00. The Labute approximate surface area is 131 Å². The summed E-state index contributed by atoms with van der Waals surface area (Å²) in [5.74, 6) is -0.250. The summed E-state index contributed by atoms with van der Waals surface area (Å²) in [4.78, 5) is 24.5. The zero-order chi connectivity index (χ0) is 16.1. The van der Waals surface area contributed by atoms with Crippen LogP contribution in [-0.4, -0.2) is 51.4 Å². The van der Waals surface area contributed by atoms with Crippen molar-refractivity contribution in [1.82, 2.24) is 10.2 Å². The van der Waals surface area contributed by atoms with E-state index in [9.17, 15) is 14.0 Å². The van der Waals surface area contributed by atoms with E-state index in [1.54, 1.807) is 0 Å². The summed E-state index contributed by atoms with van der Waals surface area (Å²) < 4.78 is 13.0. The molecule has 1 aliphatic heterocycles. The fourth-order valence-electron chi connectivity index (χ4n) is 2.27. The standard InChI is InChI=1S/C14H17FN2O4S/c15-10-3-1-9(2-4-10)11(5-7-18)16-12(19)13-17(14(20)21)6-8-22-13/h1-4,11,13,18H,5-8H2,(H,16,19)(H,20,21)/t11-,13-/m0/s1. The zero-order valence-electron chi connectivity index (χ0n) is 11.7. The topological polar surface area (TPSA) is 89.9 Å². The number of amides is 2. The molecule has 3 N–H and O–H groups in total. The van der Waals surface area contributed by atoms with Crippen LogP contribution in [0, 0.1) is 5.82 Å². The van der Waals surface area contributed by atoms with Crippen LogP contribution in [0.15, 0.2) is 24.3 Å². The van der Waals surface area contributed by atoms with Crippen molar-refractivity contribution in [3.8, 4) is 0 Å². The molecule has 0 aliphatic carbocycles. The van der Waals surface area contributed by atoms with Crippen LogP contribution in [0.4, 0.5) is 9.18 Å². The smallest absolute Gasteiger partial charge is 0.408 e. The van der Waals surface area contributed by atoms with E-state index in [4.69, 9.17) is 10.2 Å². The number of hydrogen-bond donors (Lipinski definition) is 3. The van der Waals surface area contributed by atoms with Gasteiger partial charge in [0, 0.05) is 18.9 Å². The van der Waals surface area contributed by atoms with E-state index in [0.29, 0.717) is 17.9 Å². The van der Waals surface area contributed by atoms with E-state index in [1.807, 2.05) is 0 Å². The minimum absolute atomic E-state index is 0.150. The molecule has 0 aromatic heterocycles. The van der Waals surface area contributed by atoms with Crippen LogP contribution >= 0.6 is 11.8 Å². The van der Waals surface area contributed by atoms with Crippen molar-refractivity contribution in [1.29, 1.82) is 0 Å². The van der Waals surface area contributed by atoms with Gasteiger partial charge in [-0.15, -0.1) is 11.8 Å². The number of carbonyl (C=O) groups is 2. The zero-order valence-corrected chi connectivity index (χ0v) is 12.6. The van der Waals surface area contributed by atoms with E-state index in [0.717, 1.165) is 4.90 Å². The lowest BCUT2D eigenvalue weighted by molar-refractivity contribution is -0.123. The Morgan fingerprint density at radius 1 is 1.41 bits per heavy atom. The van der Waals surface area contributed by atoms with Crippen LogP contribution in [0.5, 0.6) is 0 Å². The van der Waals surface area contributed by atoms with Gasteiger partial charge in [0.05, 0.1) is 6.04 Å². The van der Waals surface area contributed by atoms with Crippen molar-refractivity contribution in [3.63, 3.8) is 0 Å². The molecule has 8 heteroatoms. The van der Waals surface area contributed by atoms with E-state index in [1.165, 1.54) is 36.0 Å². The van der Waals surface area contributed by atoms with Crippen molar-refractivity contribution in [2.24, 2.45) is 0 Å². The van der Waals surface area contributed by atoms with Gasteiger partial charge < -0.3 is 15.5 Å². The Balaban J connectivity index is 2.08. The first-order valence-corrected chi connectivity index (χ1v) is 7.85. The molecule has 0 saturated carbocycles. The maximum Gasteiger partial charge on any atom is 0.408 e. The summed E-state index contributed by atoms with van der Waals surface area (Å²) in [5.41, 5.74) is 0.661. The fourth-order valence-corrected chi connectivity index (χ4v) is 3.39. The number of carbonyl (C=O) groups excluding carboxylic acids is 1. The third-order valence-electron chi connectivity index (χ3n) is 3.37. The van der Waals surface area contributed by atoms with Gasteiger partial charge in [-0.2, -0.15) is 0 Å². The van der Waals surface area contributed by atoms with Gasteiger partial charge in [-0.1, -0.05) is 12.1 Å². The van der Waals surface area contributed by atoms with Gasteiger partial charge in [0.25, 0.3) is 5.91 Å². The lowest BCUT2D eigenvalue weighted by Crippen LogP contribution is -2.45. The molecule has 2 rings (SSSR count). The summed E-state index contributed by atoms with van der Waals surface area (Å²) in [5, 5.41) is 20.1. The van der Waals surface area contributed by atoms with Crippen molar-refractivity contribution in [3.05, 3.63) is 35.6 Å². The molecular weight excluding hydrogens is 311 g/mol. The van der Waals surface area contributed by atoms with Gasteiger partial charge in [0.15, 0.2) is 5.37 Å². The number of aliphatic hydroxyl groups excluding tert-OH is 1. The number of aliphatic hydroxyl groups is 1. The maximum atomic E-state index is 13.0. The molecule has 1 aromatic rings. The number of carboxylic acid groups (broad SMARTS) is 1. The van der Waals surface area contributed by atoms with E-state index >= 15 is 0 Å². The Hall–Kier alpha value is -1.80. The third-order valence-corrected chi connectivity index (χ3v) is 4.57. The van der Waals surface area contributed by atoms with Crippen molar-refractivity contribution in [2.45, 2.75) is 17.8 Å². The first kappa shape index (κ1) is 16.6. The molecule has 0 radical (unpaired) electrons. The number of nitrogens with one attached hydrogen (secondary N) is 1. The molecule has 120 valence electrons. The van der Waals surface area contributed by atoms with Gasteiger partial charge in [-0.3, -0.25) is 9.69 Å². The van der Waals surface area contributed by atoms with E-state index in [2.05, 4.69) is 5.32 Å². The second kappa shape index (κ2) is 7.46. The van der Waals surface area contributed by atoms with Crippen LogP contribution in [0.1, 0.15) is 18.0 Å². The van der Waals surface area contributed by atoms with Gasteiger partial charge in [0.1, 0.15) is 5.82 Å². The molecule has 0 unspecified atom stereocenters. The molecular formula is C14H17FN2O4S. The number of thioether (sulfide) groups is 1. The summed E-state index contributed by atoms with van der Waals surface area (Å²) in [6, 6.07) is 5.13. The Morgan fingerprint density at radius 3 is 2.68 bits per heavy atom. The molecule has 0 bridgehead atoms. The number of rotatable bonds is 5. The van der Waals surface area contributed by atoms with E-state index < -0.39 is 23.4 Å². The summed E-state index contributed by atoms with van der Waals surface area (Å²) in [6.07, 6.45) is -0.868. The minimum Gasteiger partial charge on any atom is -0.465 e. The van der Waals surface area contributed by atoms with Crippen molar-refractivity contribution in [2.75, 3.05) is 18.9 Å². The lowest BCUT2D eigenvalue weighted by atomic mass is 10.0. The average molecular weight is 328 g/mol. The van der Waals surface area contributed by atoms with Gasteiger partial charge in [-0.05, 0) is 24.1 Å². The molecule has 22 heavy (non-hydrogen) atoms. The molecule has 2 atom stereocenters. The van der Waals surface area contributed by atoms with Gasteiger partial charge >= 0.3 is 6.09 Å². The van der Waals surface area contributed by atoms with Crippen LogP contribution in [-0.2, 0) is 4.79 Å². The normalized spacial score (nSPS) is 19.0. The van der Waals surface area contributed by atoms with Gasteiger partial charge in [0.2, 0.25) is 0 Å². The second-order valence-corrected chi connectivity index (χ2v) is 6.01. The van der Waals surface area contributed by atoms with E-state index in [-0.39, 0.29) is 18.8 Å². The average Bonchev–Trinajstić information content (AvgIpc) is 2.97. The highest BCUT2D eigenvalue weighted by Gasteiger charge is 2.35. The quantitative estimate of drug-likeness (QED) is 0.760. The number of halogens is 1. The lowest BCUT2D eigenvalue weighted by Gasteiger charge is -2.24. The number of benzene rings is 1. The largest absolute Gasteiger partial charge is 0.465 e. The molecule has 1 aliphatic rings. The highest BCUT2D eigenvalue weighted by Crippen LogP contribution is 2.25. The first-order valence-electron chi connectivity index (χ1n) is 6.81. The Morgan fingerprint density at radius 2 is 2.09 bits per heavy atom. The summed E-state index contributed by atoms with van der Waals surface area (Å²) in [7, 11) is 0. The molecule has 0 spiro atoms. The molecule has 1 saturated heterocycles. The Bertz CT molecular complexity index is 540. The maximum absolute atomic E-state index is 13.0. The van der Waals surface area contributed by atoms with Crippen molar-refractivity contribution >= 4 is 23.8 Å². The molecule has 2 amide bonds. The molecule has 6 nitrogen and oxygen atoms in total. The number of nitrogens with zero attached hydrogens (tertiary/aromatic N) is 1. The summed E-state index contributed by atoms with van der Waals surface area (Å²) in [6.45, 7) is 0.155.